The van der Waals surface area contributed by atoms with Crippen LogP contribution in [0, 0.1) is 0 Å². The largest absolute Gasteiger partial charge is 0.417 e. The van der Waals surface area contributed by atoms with Gasteiger partial charge in [0.25, 0.3) is 0 Å². The fourth-order valence-electron chi connectivity index (χ4n) is 3.91. The molecule has 156 valence electrons. The normalized spacial score (nSPS) is 21.6. The Morgan fingerprint density at radius 3 is 2.38 bits per heavy atom. The van der Waals surface area contributed by atoms with Crippen molar-refractivity contribution >= 4 is 21.9 Å². The highest BCUT2D eigenvalue weighted by molar-refractivity contribution is 6.07. The first-order valence-corrected chi connectivity index (χ1v) is 9.04. The zero-order valence-corrected chi connectivity index (χ0v) is 15.0. The summed E-state index contributed by atoms with van der Waals surface area (Å²) in [6, 6.07) is 3.27. The van der Waals surface area contributed by atoms with Gasteiger partial charge in [0, 0.05) is 23.5 Å². The zero-order chi connectivity index (χ0) is 21.0. The molecule has 2 N–H and O–H groups in total. The lowest BCUT2D eigenvalue weighted by atomic mass is 10.1. The smallest absolute Gasteiger partial charge is 0.390 e. The number of hydrogen-bond donors (Lipinski definition) is 2. The quantitative estimate of drug-likeness (QED) is 0.573. The number of benzene rings is 1. The van der Waals surface area contributed by atoms with Gasteiger partial charge in [-0.05, 0) is 43.7 Å². The molecule has 0 bridgehead atoms. The van der Waals surface area contributed by atoms with Gasteiger partial charge in [0.15, 0.2) is 0 Å². The highest BCUT2D eigenvalue weighted by Gasteiger charge is 2.35. The third-order valence-electron chi connectivity index (χ3n) is 5.28. The molecule has 1 unspecified atom stereocenters. The van der Waals surface area contributed by atoms with E-state index in [1.165, 1.54) is 6.07 Å². The molecule has 10 heteroatoms. The first kappa shape index (κ1) is 20.0. The molecule has 4 nitrogen and oxygen atoms in total. The Balaban J connectivity index is 2.03. The second kappa shape index (κ2) is 6.88. The molecular weight excluding hydrogens is 400 g/mol. The number of rotatable bonds is 1. The molecule has 0 amide bonds. The summed E-state index contributed by atoms with van der Waals surface area (Å²) in [5.41, 5.74) is -1.56. The lowest BCUT2D eigenvalue weighted by molar-refractivity contribution is -0.138. The standard InChI is InChI=1S/C19H17F6N3O/c20-18(21,22)10-3-4-14-12(6-10)13-7-11(19(23,24)25)8-27-17(13)28(14)15-2-1-5-26-9-16(15)29/h3-4,6-8,15-16,26,29H,1-2,5,9H2/t15?,16-/m0/s1. The Bertz CT molecular complexity index is 985. The zero-order valence-electron chi connectivity index (χ0n) is 15.0. The Kier molecular flexibility index (Phi) is 4.73. The van der Waals surface area contributed by atoms with E-state index in [9.17, 15) is 31.4 Å². The summed E-state index contributed by atoms with van der Waals surface area (Å²) < 4.78 is 80.8. The number of nitrogens with one attached hydrogen (secondary N) is 1. The average Bonchev–Trinajstić information content (AvgIpc) is 2.80. The predicted octanol–water partition coefficient (Wildman–Crippen LogP) is 4.51. The summed E-state index contributed by atoms with van der Waals surface area (Å²) in [4.78, 5) is 3.95. The van der Waals surface area contributed by atoms with Crippen LogP contribution in [0.4, 0.5) is 26.3 Å². The van der Waals surface area contributed by atoms with Gasteiger partial charge in [-0.2, -0.15) is 26.3 Å². The molecule has 2 atom stereocenters. The van der Waals surface area contributed by atoms with Crippen molar-refractivity contribution in [2.75, 3.05) is 13.1 Å². The maximum absolute atomic E-state index is 13.2. The molecule has 1 saturated heterocycles. The van der Waals surface area contributed by atoms with Crippen LogP contribution in [0.15, 0.2) is 30.5 Å². The molecule has 0 aliphatic carbocycles. The fraction of sp³-hybridized carbons (Fsp3) is 0.421. The number of pyridine rings is 1. The van der Waals surface area contributed by atoms with Gasteiger partial charge in [-0.1, -0.05) is 0 Å². The van der Waals surface area contributed by atoms with Gasteiger partial charge in [0.1, 0.15) is 5.65 Å². The van der Waals surface area contributed by atoms with Gasteiger partial charge in [-0.3, -0.25) is 0 Å². The summed E-state index contributed by atoms with van der Waals surface area (Å²) in [6.45, 7) is 0.932. The highest BCUT2D eigenvalue weighted by atomic mass is 19.4. The number of aliphatic hydroxyl groups excluding tert-OH is 1. The lowest BCUT2D eigenvalue weighted by Crippen LogP contribution is -2.31. The minimum absolute atomic E-state index is 0.0228. The van der Waals surface area contributed by atoms with Crippen molar-refractivity contribution in [3.05, 3.63) is 41.6 Å². The summed E-state index contributed by atoms with van der Waals surface area (Å²) in [6.07, 6.45) is -8.29. The van der Waals surface area contributed by atoms with Crippen molar-refractivity contribution in [3.8, 4) is 0 Å². The molecule has 0 radical (unpaired) electrons. The highest BCUT2D eigenvalue weighted by Crippen LogP contribution is 2.40. The van der Waals surface area contributed by atoms with Crippen molar-refractivity contribution in [1.29, 1.82) is 0 Å². The van der Waals surface area contributed by atoms with Crippen LogP contribution in [-0.4, -0.2) is 33.9 Å². The molecule has 3 heterocycles. The van der Waals surface area contributed by atoms with E-state index in [0.717, 1.165) is 18.2 Å². The van der Waals surface area contributed by atoms with Gasteiger partial charge in [-0.15, -0.1) is 0 Å². The summed E-state index contributed by atoms with van der Waals surface area (Å²) >= 11 is 0. The Hall–Kier alpha value is -2.33. The number of β-amino-alcohol motifs (C(OH)–C–C–N with tert-alkyl or cyclic N) is 1. The second-order valence-electron chi connectivity index (χ2n) is 7.17. The summed E-state index contributed by atoms with van der Waals surface area (Å²) in [7, 11) is 0. The maximum Gasteiger partial charge on any atom is 0.417 e. The van der Waals surface area contributed by atoms with E-state index in [4.69, 9.17) is 0 Å². The topological polar surface area (TPSA) is 50.1 Å². The van der Waals surface area contributed by atoms with Crippen molar-refractivity contribution in [1.82, 2.24) is 14.9 Å². The number of nitrogens with zero attached hydrogens (tertiary/aromatic N) is 2. The fourth-order valence-corrected chi connectivity index (χ4v) is 3.91. The van der Waals surface area contributed by atoms with Gasteiger partial charge in [0.2, 0.25) is 0 Å². The van der Waals surface area contributed by atoms with Gasteiger partial charge in [-0.25, -0.2) is 4.98 Å². The third-order valence-corrected chi connectivity index (χ3v) is 5.28. The van der Waals surface area contributed by atoms with Gasteiger partial charge >= 0.3 is 12.4 Å². The molecule has 2 aromatic heterocycles. The molecule has 1 aliphatic heterocycles. The van der Waals surface area contributed by atoms with Crippen LogP contribution in [0.1, 0.15) is 30.0 Å². The molecule has 0 spiro atoms. The number of hydrogen-bond acceptors (Lipinski definition) is 3. The Labute approximate surface area is 161 Å². The molecule has 1 aromatic carbocycles. The SMILES string of the molecule is O[C@H]1CNCCCC1n1c2ccc(C(F)(F)F)cc2c2cc(C(F)(F)F)cnc21. The van der Waals surface area contributed by atoms with Crippen molar-refractivity contribution in [2.24, 2.45) is 0 Å². The van der Waals surface area contributed by atoms with Crippen molar-refractivity contribution in [3.63, 3.8) is 0 Å². The van der Waals surface area contributed by atoms with E-state index in [-0.39, 0.29) is 23.0 Å². The maximum atomic E-state index is 13.2. The van der Waals surface area contributed by atoms with E-state index >= 15 is 0 Å². The summed E-state index contributed by atoms with van der Waals surface area (Å²) in [5.74, 6) is 0. The van der Waals surface area contributed by atoms with Crippen LogP contribution >= 0.6 is 0 Å². The van der Waals surface area contributed by atoms with Crippen LogP contribution in [0.25, 0.3) is 21.9 Å². The summed E-state index contributed by atoms with van der Waals surface area (Å²) in [5, 5.41) is 13.6. The van der Waals surface area contributed by atoms with Crippen molar-refractivity contribution < 1.29 is 31.4 Å². The van der Waals surface area contributed by atoms with Crippen LogP contribution in [0.3, 0.4) is 0 Å². The first-order chi connectivity index (χ1) is 13.6. The third kappa shape index (κ3) is 3.55. The Morgan fingerprint density at radius 1 is 1.00 bits per heavy atom. The molecule has 1 aliphatic rings. The minimum Gasteiger partial charge on any atom is -0.390 e. The number of fused-ring (bicyclic) bond motifs is 3. The van der Waals surface area contributed by atoms with Crippen LogP contribution in [0.5, 0.6) is 0 Å². The average molecular weight is 417 g/mol. The molecular formula is C19H17F6N3O. The van der Waals surface area contributed by atoms with E-state index in [1.54, 1.807) is 4.57 Å². The van der Waals surface area contributed by atoms with E-state index in [1.807, 2.05) is 0 Å². The monoisotopic (exact) mass is 417 g/mol. The van der Waals surface area contributed by atoms with E-state index < -0.39 is 35.6 Å². The number of aromatic nitrogens is 2. The van der Waals surface area contributed by atoms with Crippen LogP contribution in [0.2, 0.25) is 0 Å². The van der Waals surface area contributed by atoms with Crippen LogP contribution < -0.4 is 5.32 Å². The predicted molar refractivity (Wildman–Crippen MR) is 94.4 cm³/mol. The molecule has 1 fully saturated rings. The Morgan fingerprint density at radius 2 is 1.69 bits per heavy atom. The van der Waals surface area contributed by atoms with Crippen LogP contribution in [-0.2, 0) is 12.4 Å². The molecule has 4 rings (SSSR count). The van der Waals surface area contributed by atoms with Crippen molar-refractivity contribution in [2.45, 2.75) is 37.3 Å². The molecule has 0 saturated carbocycles. The van der Waals surface area contributed by atoms with Gasteiger partial charge in [0.05, 0.1) is 28.8 Å². The minimum atomic E-state index is -4.68. The number of halogens is 6. The molecule has 3 aromatic rings. The number of aliphatic hydroxyl groups is 1. The first-order valence-electron chi connectivity index (χ1n) is 9.04. The molecule has 29 heavy (non-hydrogen) atoms. The second-order valence-corrected chi connectivity index (χ2v) is 7.17. The van der Waals surface area contributed by atoms with E-state index in [0.29, 0.717) is 31.1 Å². The number of alkyl halides is 6. The van der Waals surface area contributed by atoms with Gasteiger partial charge < -0.3 is 15.0 Å². The lowest BCUT2D eigenvalue weighted by Gasteiger charge is -2.23. The van der Waals surface area contributed by atoms with E-state index in [2.05, 4.69) is 10.3 Å².